The van der Waals surface area contributed by atoms with Gasteiger partial charge in [0.25, 0.3) is 5.91 Å². The van der Waals surface area contributed by atoms with Crippen molar-refractivity contribution in [3.63, 3.8) is 0 Å². The Bertz CT molecular complexity index is 786. The number of carbonyl (C=O) groups is 1. The number of rotatable bonds is 4. The van der Waals surface area contributed by atoms with E-state index >= 15 is 0 Å². The van der Waals surface area contributed by atoms with Crippen LogP contribution in [0.1, 0.15) is 36.9 Å². The van der Waals surface area contributed by atoms with Gasteiger partial charge in [-0.1, -0.05) is 60.7 Å². The first kappa shape index (κ1) is 17.0. The number of nitrogens with zero attached hydrogens (tertiary/aromatic N) is 2. The van der Waals surface area contributed by atoms with E-state index in [9.17, 15) is 4.79 Å². The smallest absolute Gasteiger partial charge is 0.254 e. The van der Waals surface area contributed by atoms with Crippen molar-refractivity contribution in [1.82, 2.24) is 9.80 Å². The van der Waals surface area contributed by atoms with E-state index in [0.29, 0.717) is 0 Å². The molecule has 2 saturated heterocycles. The van der Waals surface area contributed by atoms with Crippen LogP contribution in [0, 0.1) is 0 Å². The van der Waals surface area contributed by atoms with Gasteiger partial charge in [0.15, 0.2) is 0 Å². The van der Waals surface area contributed by atoms with Gasteiger partial charge in [0.2, 0.25) is 0 Å². The van der Waals surface area contributed by atoms with E-state index in [4.69, 9.17) is 4.74 Å². The van der Waals surface area contributed by atoms with Crippen LogP contribution >= 0.6 is 0 Å². The molecule has 0 N–H and O–H groups in total. The Balaban J connectivity index is 1.41. The van der Waals surface area contributed by atoms with Gasteiger partial charge in [-0.2, -0.15) is 0 Å². The zero-order valence-corrected chi connectivity index (χ0v) is 15.8. The van der Waals surface area contributed by atoms with Gasteiger partial charge in [-0.05, 0) is 30.9 Å². The van der Waals surface area contributed by atoms with E-state index < -0.39 is 5.60 Å². The van der Waals surface area contributed by atoms with Crippen LogP contribution in [0.3, 0.4) is 0 Å². The maximum absolute atomic E-state index is 12.6. The molecule has 2 aliphatic heterocycles. The number of amides is 1. The van der Waals surface area contributed by atoms with E-state index in [1.54, 1.807) is 0 Å². The monoisotopic (exact) mass is 362 g/mol. The molecule has 1 saturated carbocycles. The summed E-state index contributed by atoms with van der Waals surface area (Å²) >= 11 is 0. The van der Waals surface area contributed by atoms with Crippen molar-refractivity contribution in [2.24, 2.45) is 0 Å². The Morgan fingerprint density at radius 1 is 0.926 bits per heavy atom. The second-order valence-electron chi connectivity index (χ2n) is 8.23. The largest absolute Gasteiger partial charge is 0.354 e. The van der Waals surface area contributed by atoms with Crippen molar-refractivity contribution in [3.05, 3.63) is 71.8 Å². The minimum atomic E-state index is -0.505. The summed E-state index contributed by atoms with van der Waals surface area (Å²) in [6, 6.07) is 21.6. The van der Waals surface area contributed by atoms with Crippen molar-refractivity contribution in [2.75, 3.05) is 26.2 Å². The first-order chi connectivity index (χ1) is 13.1. The number of ether oxygens (including phenoxy) is 1. The van der Waals surface area contributed by atoms with Crippen molar-refractivity contribution in [2.45, 2.75) is 37.0 Å². The highest BCUT2D eigenvalue weighted by atomic mass is 16.5. The Labute approximate surface area is 160 Å². The molecule has 3 aliphatic rings. The van der Waals surface area contributed by atoms with Gasteiger partial charge >= 0.3 is 0 Å². The van der Waals surface area contributed by atoms with E-state index in [1.807, 2.05) is 4.90 Å². The number of likely N-dealkylation sites (tertiary alicyclic amines) is 1. The number of carbonyl (C=O) groups excluding carboxylic acids is 1. The molecule has 0 aromatic heterocycles. The lowest BCUT2D eigenvalue weighted by molar-refractivity contribution is -0.229. The fourth-order valence-corrected chi connectivity index (χ4v) is 4.81. The number of morpholine rings is 1. The summed E-state index contributed by atoms with van der Waals surface area (Å²) in [5.74, 6) is 0.205. The summed E-state index contributed by atoms with van der Waals surface area (Å²) < 4.78 is 6.47. The zero-order chi connectivity index (χ0) is 18.5. The van der Waals surface area contributed by atoms with Crippen molar-refractivity contribution in [3.8, 4) is 0 Å². The molecule has 0 unspecified atom stereocenters. The lowest BCUT2D eigenvalue weighted by atomic mass is 9.85. The second kappa shape index (κ2) is 6.18. The third-order valence-electron chi connectivity index (χ3n) is 6.23. The topological polar surface area (TPSA) is 32.8 Å². The van der Waals surface area contributed by atoms with Gasteiger partial charge in [-0.25, -0.2) is 0 Å². The molecule has 0 bridgehead atoms. The fraction of sp³-hybridized carbons (Fsp3) is 0.435. The Kier molecular flexibility index (Phi) is 3.88. The molecule has 5 rings (SSSR count). The van der Waals surface area contributed by atoms with Crippen LogP contribution in [0.4, 0.5) is 0 Å². The highest BCUT2D eigenvalue weighted by Crippen LogP contribution is 2.51. The molecule has 2 heterocycles. The quantitative estimate of drug-likeness (QED) is 0.837. The zero-order valence-electron chi connectivity index (χ0n) is 15.8. The molecule has 2 aromatic rings. The lowest BCUT2D eigenvalue weighted by Crippen LogP contribution is -2.73. The van der Waals surface area contributed by atoms with E-state index in [-0.39, 0.29) is 17.6 Å². The first-order valence-electron chi connectivity index (χ1n) is 9.98. The number of hydrogen-bond acceptors (Lipinski definition) is 3. The fourth-order valence-electron chi connectivity index (χ4n) is 4.81. The standard InChI is InChI=1S/C23H26N2O2/c1-2-24-15-22(27-23(13-14-23)21(24)26)16-25(17-22)20(18-9-5-3-6-10-18)19-11-7-4-8-12-19/h3-12,20H,2,13-17H2,1H3. The molecule has 0 radical (unpaired) electrons. The summed E-state index contributed by atoms with van der Waals surface area (Å²) in [4.78, 5) is 17.1. The van der Waals surface area contributed by atoms with Gasteiger partial charge in [-0.15, -0.1) is 0 Å². The molecule has 1 amide bonds. The third-order valence-corrected chi connectivity index (χ3v) is 6.23. The van der Waals surface area contributed by atoms with E-state index in [1.165, 1.54) is 11.1 Å². The van der Waals surface area contributed by atoms with Crippen LogP contribution in [0.5, 0.6) is 0 Å². The molecular weight excluding hydrogens is 336 g/mol. The van der Waals surface area contributed by atoms with Gasteiger partial charge < -0.3 is 9.64 Å². The van der Waals surface area contributed by atoms with Gasteiger partial charge in [-0.3, -0.25) is 9.69 Å². The van der Waals surface area contributed by atoms with Crippen LogP contribution in [-0.2, 0) is 9.53 Å². The van der Waals surface area contributed by atoms with Crippen molar-refractivity contribution in [1.29, 1.82) is 0 Å². The van der Waals surface area contributed by atoms with Gasteiger partial charge in [0.1, 0.15) is 11.2 Å². The van der Waals surface area contributed by atoms with Crippen molar-refractivity contribution >= 4 is 5.91 Å². The third kappa shape index (κ3) is 2.79. The first-order valence-corrected chi connectivity index (χ1v) is 9.98. The minimum Gasteiger partial charge on any atom is -0.354 e. The normalized spacial score (nSPS) is 23.0. The Hall–Kier alpha value is -2.17. The second-order valence-corrected chi connectivity index (χ2v) is 8.23. The summed E-state index contributed by atoms with van der Waals surface area (Å²) in [5, 5.41) is 0. The van der Waals surface area contributed by atoms with Crippen LogP contribution in [-0.4, -0.2) is 53.1 Å². The molecule has 4 heteroatoms. The Morgan fingerprint density at radius 3 is 1.96 bits per heavy atom. The van der Waals surface area contributed by atoms with Crippen molar-refractivity contribution < 1.29 is 9.53 Å². The average Bonchev–Trinajstić information content (AvgIpc) is 3.45. The predicted molar refractivity (Wildman–Crippen MR) is 104 cm³/mol. The summed E-state index contributed by atoms with van der Waals surface area (Å²) in [6.45, 7) is 5.30. The summed E-state index contributed by atoms with van der Waals surface area (Å²) in [5.41, 5.74) is 1.90. The van der Waals surface area contributed by atoms with E-state index in [2.05, 4.69) is 72.5 Å². The maximum Gasteiger partial charge on any atom is 0.254 e. The predicted octanol–water partition coefficient (Wildman–Crippen LogP) is 3.24. The molecule has 2 spiro atoms. The number of benzene rings is 2. The Morgan fingerprint density at radius 2 is 1.48 bits per heavy atom. The highest BCUT2D eigenvalue weighted by molar-refractivity contribution is 5.89. The van der Waals surface area contributed by atoms with Gasteiger partial charge in [0, 0.05) is 19.6 Å². The van der Waals surface area contributed by atoms with Crippen LogP contribution < -0.4 is 0 Å². The SMILES string of the molecule is CCN1CC2(CN(C(c3ccccc3)c3ccccc3)C2)OC2(CC2)C1=O. The summed E-state index contributed by atoms with van der Waals surface area (Å²) in [7, 11) is 0. The number of likely N-dealkylation sites (N-methyl/N-ethyl adjacent to an activating group) is 1. The molecule has 27 heavy (non-hydrogen) atoms. The maximum atomic E-state index is 12.6. The van der Waals surface area contributed by atoms with E-state index in [0.717, 1.165) is 39.0 Å². The molecule has 2 aromatic carbocycles. The minimum absolute atomic E-state index is 0.205. The van der Waals surface area contributed by atoms with Gasteiger partial charge in [0.05, 0.1) is 12.6 Å². The lowest BCUT2D eigenvalue weighted by Gasteiger charge is -2.57. The average molecular weight is 362 g/mol. The molecule has 0 atom stereocenters. The molecule has 1 aliphatic carbocycles. The highest BCUT2D eigenvalue weighted by Gasteiger charge is 2.64. The molecule has 3 fully saturated rings. The van der Waals surface area contributed by atoms with Crippen LogP contribution in [0.2, 0.25) is 0 Å². The number of hydrogen-bond donors (Lipinski definition) is 0. The van der Waals surface area contributed by atoms with Crippen LogP contribution in [0.25, 0.3) is 0 Å². The molecule has 4 nitrogen and oxygen atoms in total. The molecule has 140 valence electrons. The summed E-state index contributed by atoms with van der Waals surface area (Å²) in [6.07, 6.45) is 1.76. The molecular formula is C23H26N2O2. The van der Waals surface area contributed by atoms with Crippen LogP contribution in [0.15, 0.2) is 60.7 Å².